The fourth-order valence-electron chi connectivity index (χ4n) is 6.33. The van der Waals surface area contributed by atoms with Crippen LogP contribution in [0.4, 0.5) is 0 Å². The maximum atomic E-state index is 12.4. The summed E-state index contributed by atoms with van der Waals surface area (Å²) in [7, 11) is 0. The lowest BCUT2D eigenvalue weighted by Gasteiger charge is -2.21. The molecule has 0 aliphatic carbocycles. The van der Waals surface area contributed by atoms with Gasteiger partial charge in [0.1, 0.15) is 6.10 Å². The van der Waals surface area contributed by atoms with E-state index in [1.54, 1.807) is 6.08 Å². The Kier molecular flexibility index (Phi) is 38.2. The van der Waals surface area contributed by atoms with Gasteiger partial charge in [0, 0.05) is 0 Å². The maximum absolute atomic E-state index is 12.4. The summed E-state index contributed by atoms with van der Waals surface area (Å²) in [6.45, 7) is 4.16. The van der Waals surface area contributed by atoms with Crippen LogP contribution in [0.5, 0.6) is 0 Å². The summed E-state index contributed by atoms with van der Waals surface area (Å²) in [5, 5.41) is 33.1. The Morgan fingerprint density at radius 1 is 0.490 bits per heavy atom. The van der Waals surface area contributed by atoms with Crippen molar-refractivity contribution in [2.45, 2.75) is 231 Å². The van der Waals surface area contributed by atoms with E-state index >= 15 is 0 Å². The fraction of sp³-hybridized carbons (Fsp3) is 0.841. The summed E-state index contributed by atoms with van der Waals surface area (Å²) < 4.78 is 0. The van der Waals surface area contributed by atoms with E-state index in [9.17, 15) is 20.1 Å². The van der Waals surface area contributed by atoms with Gasteiger partial charge in [-0.15, -0.1) is 0 Å². The molecule has 3 unspecified atom stereocenters. The Morgan fingerprint density at radius 2 is 0.837 bits per heavy atom. The predicted molar refractivity (Wildman–Crippen MR) is 213 cm³/mol. The van der Waals surface area contributed by atoms with Crippen LogP contribution in [0.25, 0.3) is 0 Å². The molecule has 0 aromatic carbocycles. The zero-order valence-corrected chi connectivity index (χ0v) is 32.6. The van der Waals surface area contributed by atoms with Gasteiger partial charge in [0.2, 0.25) is 5.91 Å². The van der Waals surface area contributed by atoms with E-state index in [0.29, 0.717) is 6.42 Å². The van der Waals surface area contributed by atoms with Crippen molar-refractivity contribution < 1.29 is 20.1 Å². The van der Waals surface area contributed by atoms with E-state index in [1.807, 2.05) is 6.08 Å². The van der Waals surface area contributed by atoms with E-state index in [1.165, 1.54) is 148 Å². The third kappa shape index (κ3) is 34.8. The molecular weight excluding hydrogens is 606 g/mol. The summed E-state index contributed by atoms with van der Waals surface area (Å²) in [5.41, 5.74) is 0. The van der Waals surface area contributed by atoms with Crippen molar-refractivity contribution in [1.29, 1.82) is 0 Å². The van der Waals surface area contributed by atoms with Gasteiger partial charge in [0.15, 0.2) is 0 Å². The van der Waals surface area contributed by atoms with Crippen LogP contribution in [0.1, 0.15) is 213 Å². The molecule has 0 saturated heterocycles. The Hall–Kier alpha value is -1.43. The van der Waals surface area contributed by atoms with Gasteiger partial charge in [0.25, 0.3) is 0 Å². The van der Waals surface area contributed by atoms with Crippen molar-refractivity contribution in [3.05, 3.63) is 36.5 Å². The molecule has 5 heteroatoms. The zero-order valence-electron chi connectivity index (χ0n) is 32.6. The monoisotopic (exact) mass is 690 g/mol. The van der Waals surface area contributed by atoms with Gasteiger partial charge >= 0.3 is 0 Å². The average Bonchev–Trinajstić information content (AvgIpc) is 3.11. The standard InChI is InChI=1S/C44H83NO4/c1-3-5-7-9-11-13-15-17-19-21-22-23-25-26-28-30-32-34-36-38-42(47)41(40-46)45-44(49)43(48)39-37-35-33-31-29-27-24-20-18-16-14-12-10-8-6-4-2/h22-23,28,30,36,38,41-43,46-48H,3-21,24-27,29,31-35,37,39-40H2,1-2H3,(H,45,49)/b23-22+,30-28+,38-36+. The topological polar surface area (TPSA) is 89.8 Å². The molecule has 3 atom stereocenters. The lowest BCUT2D eigenvalue weighted by atomic mass is 10.0. The highest BCUT2D eigenvalue weighted by atomic mass is 16.3. The molecule has 0 spiro atoms. The van der Waals surface area contributed by atoms with Crippen molar-refractivity contribution in [3.8, 4) is 0 Å². The van der Waals surface area contributed by atoms with Crippen LogP contribution in [0, 0.1) is 0 Å². The van der Waals surface area contributed by atoms with E-state index in [0.717, 1.165) is 44.9 Å². The van der Waals surface area contributed by atoms with Crippen molar-refractivity contribution >= 4 is 5.91 Å². The molecule has 5 nitrogen and oxygen atoms in total. The molecule has 0 aliphatic heterocycles. The zero-order chi connectivity index (χ0) is 35.9. The minimum absolute atomic E-state index is 0.379. The fourth-order valence-corrected chi connectivity index (χ4v) is 6.33. The van der Waals surface area contributed by atoms with E-state index in [-0.39, 0.29) is 6.61 Å². The van der Waals surface area contributed by atoms with Crippen LogP contribution in [-0.4, -0.2) is 46.1 Å². The summed E-state index contributed by atoms with van der Waals surface area (Å²) >= 11 is 0. The summed E-state index contributed by atoms with van der Waals surface area (Å²) in [6.07, 6.45) is 48.8. The SMILES string of the molecule is CCCCCCCCCCC/C=C/CC/C=C/CC/C=C/C(O)C(CO)NC(=O)C(O)CCCCCCCCCCCCCCCCCC. The first-order valence-electron chi connectivity index (χ1n) is 21.3. The number of unbranched alkanes of at least 4 members (excludes halogenated alkanes) is 26. The third-order valence-corrected chi connectivity index (χ3v) is 9.71. The lowest BCUT2D eigenvalue weighted by molar-refractivity contribution is -0.131. The first-order chi connectivity index (χ1) is 24.1. The number of hydrogen-bond donors (Lipinski definition) is 4. The largest absolute Gasteiger partial charge is 0.394 e. The predicted octanol–water partition coefficient (Wildman–Crippen LogP) is 12.0. The third-order valence-electron chi connectivity index (χ3n) is 9.71. The molecule has 0 aromatic rings. The number of amides is 1. The van der Waals surface area contributed by atoms with Crippen molar-refractivity contribution in [2.24, 2.45) is 0 Å². The van der Waals surface area contributed by atoms with Crippen LogP contribution in [0.15, 0.2) is 36.5 Å². The van der Waals surface area contributed by atoms with Gasteiger partial charge in [-0.05, 0) is 44.9 Å². The maximum Gasteiger partial charge on any atom is 0.249 e. The number of hydrogen-bond acceptors (Lipinski definition) is 4. The molecule has 0 rings (SSSR count). The van der Waals surface area contributed by atoms with Crippen LogP contribution >= 0.6 is 0 Å². The van der Waals surface area contributed by atoms with E-state index in [4.69, 9.17) is 0 Å². The first-order valence-corrected chi connectivity index (χ1v) is 21.3. The molecule has 0 bridgehead atoms. The molecule has 288 valence electrons. The smallest absolute Gasteiger partial charge is 0.249 e. The highest BCUT2D eigenvalue weighted by Crippen LogP contribution is 2.15. The van der Waals surface area contributed by atoms with Crippen LogP contribution in [0.2, 0.25) is 0 Å². The van der Waals surface area contributed by atoms with E-state index in [2.05, 4.69) is 43.5 Å². The summed E-state index contributed by atoms with van der Waals surface area (Å²) in [4.78, 5) is 12.4. The Morgan fingerprint density at radius 3 is 1.24 bits per heavy atom. The second kappa shape index (κ2) is 39.4. The number of nitrogens with one attached hydrogen (secondary N) is 1. The second-order valence-electron chi connectivity index (χ2n) is 14.5. The second-order valence-corrected chi connectivity index (χ2v) is 14.5. The highest BCUT2D eigenvalue weighted by Gasteiger charge is 2.22. The molecule has 1 amide bonds. The van der Waals surface area contributed by atoms with Crippen LogP contribution < -0.4 is 5.32 Å². The normalized spacial score (nSPS) is 14.0. The number of carbonyl (C=O) groups excluding carboxylic acids is 1. The highest BCUT2D eigenvalue weighted by molar-refractivity contribution is 5.80. The Bertz CT molecular complexity index is 764. The van der Waals surface area contributed by atoms with Crippen molar-refractivity contribution in [3.63, 3.8) is 0 Å². The molecule has 0 saturated carbocycles. The molecule has 0 aliphatic rings. The van der Waals surface area contributed by atoms with Gasteiger partial charge in [-0.25, -0.2) is 0 Å². The summed E-state index contributed by atoms with van der Waals surface area (Å²) in [6, 6.07) is -0.818. The molecule has 4 N–H and O–H groups in total. The Labute approximate surface area is 304 Å². The first kappa shape index (κ1) is 47.6. The molecule has 0 fully saturated rings. The van der Waals surface area contributed by atoms with Gasteiger partial charge in [-0.2, -0.15) is 0 Å². The Balaban J connectivity index is 3.76. The molecule has 0 heterocycles. The summed E-state index contributed by atoms with van der Waals surface area (Å²) in [5.74, 6) is -0.516. The quantitative estimate of drug-likeness (QED) is 0.0384. The van der Waals surface area contributed by atoms with Gasteiger partial charge in [-0.3, -0.25) is 4.79 Å². The van der Waals surface area contributed by atoms with E-state index < -0.39 is 24.2 Å². The lowest BCUT2D eigenvalue weighted by Crippen LogP contribution is -2.48. The number of allylic oxidation sites excluding steroid dienone is 5. The number of aliphatic hydroxyl groups excluding tert-OH is 3. The number of aliphatic hydroxyl groups is 3. The van der Waals surface area contributed by atoms with Crippen molar-refractivity contribution in [2.75, 3.05) is 6.61 Å². The number of carbonyl (C=O) groups is 1. The minimum atomic E-state index is -1.10. The molecule has 0 radical (unpaired) electrons. The average molecular weight is 690 g/mol. The molecule has 49 heavy (non-hydrogen) atoms. The van der Waals surface area contributed by atoms with Gasteiger partial charge in [-0.1, -0.05) is 204 Å². The van der Waals surface area contributed by atoms with Crippen LogP contribution in [-0.2, 0) is 4.79 Å². The van der Waals surface area contributed by atoms with Crippen LogP contribution in [0.3, 0.4) is 0 Å². The minimum Gasteiger partial charge on any atom is -0.394 e. The number of rotatable bonds is 38. The van der Waals surface area contributed by atoms with Gasteiger partial charge < -0.3 is 20.6 Å². The molecule has 0 aromatic heterocycles. The van der Waals surface area contributed by atoms with Crippen molar-refractivity contribution in [1.82, 2.24) is 5.32 Å². The molecular formula is C44H83NO4. The van der Waals surface area contributed by atoms with Gasteiger partial charge in [0.05, 0.1) is 18.8 Å².